The highest BCUT2D eigenvalue weighted by Gasteiger charge is 2.12. The topological polar surface area (TPSA) is 50.4 Å². The van der Waals surface area contributed by atoms with Gasteiger partial charge in [0.2, 0.25) is 0 Å². The van der Waals surface area contributed by atoms with Crippen LogP contribution >= 0.6 is 12.4 Å². The third kappa shape index (κ3) is 4.03. The minimum absolute atomic E-state index is 0. The fourth-order valence-corrected chi connectivity index (χ4v) is 2.57. The van der Waals surface area contributed by atoms with Crippen LogP contribution in [0.15, 0.2) is 36.4 Å². The Kier molecular flexibility index (Phi) is 5.64. The van der Waals surface area contributed by atoms with E-state index in [4.69, 9.17) is 4.74 Å². The average Bonchev–Trinajstić information content (AvgIpc) is 2.74. The Morgan fingerprint density at radius 3 is 2.83 bits per heavy atom. The number of amides is 1. The molecule has 0 radical (unpaired) electrons. The molecule has 0 unspecified atom stereocenters. The van der Waals surface area contributed by atoms with Crippen molar-refractivity contribution < 1.29 is 9.53 Å². The van der Waals surface area contributed by atoms with E-state index in [0.29, 0.717) is 12.2 Å². The molecule has 1 amide bonds. The van der Waals surface area contributed by atoms with Gasteiger partial charge in [-0.25, -0.2) is 0 Å². The molecule has 3 rings (SSSR count). The molecule has 0 atom stereocenters. The zero-order chi connectivity index (χ0) is 15.5. The Labute approximate surface area is 142 Å². The van der Waals surface area contributed by atoms with Gasteiger partial charge in [-0.1, -0.05) is 17.7 Å². The molecule has 4 nitrogen and oxygen atoms in total. The normalized spacial score (nSPS) is 13.1. The fraction of sp³-hybridized carbons (Fsp3) is 0.278. The molecule has 122 valence electrons. The summed E-state index contributed by atoms with van der Waals surface area (Å²) >= 11 is 0. The van der Waals surface area contributed by atoms with Gasteiger partial charge >= 0.3 is 0 Å². The zero-order valence-corrected chi connectivity index (χ0v) is 14.1. The highest BCUT2D eigenvalue weighted by molar-refractivity contribution is 6.05. The Morgan fingerprint density at radius 2 is 2.00 bits per heavy atom. The molecule has 1 aliphatic rings. The van der Waals surface area contributed by atoms with E-state index in [-0.39, 0.29) is 18.3 Å². The van der Waals surface area contributed by atoms with E-state index in [1.165, 1.54) is 0 Å². The largest absolute Gasteiger partial charge is 0.492 e. The van der Waals surface area contributed by atoms with Crippen LogP contribution in [0.2, 0.25) is 0 Å². The van der Waals surface area contributed by atoms with Crippen LogP contribution in [-0.2, 0) is 6.54 Å². The summed E-state index contributed by atoms with van der Waals surface area (Å²) in [6.45, 7) is 6.19. The van der Waals surface area contributed by atoms with E-state index >= 15 is 0 Å². The van der Waals surface area contributed by atoms with Crippen LogP contribution in [0.5, 0.6) is 5.75 Å². The van der Waals surface area contributed by atoms with Gasteiger partial charge < -0.3 is 15.4 Å². The monoisotopic (exact) mass is 332 g/mol. The van der Waals surface area contributed by atoms with E-state index in [2.05, 4.69) is 10.6 Å². The second kappa shape index (κ2) is 7.49. The fourth-order valence-electron chi connectivity index (χ4n) is 2.57. The lowest BCUT2D eigenvalue weighted by Crippen LogP contribution is -2.16. The number of hydrogen-bond acceptors (Lipinski definition) is 3. The van der Waals surface area contributed by atoms with Gasteiger partial charge in [-0.3, -0.25) is 4.79 Å². The summed E-state index contributed by atoms with van der Waals surface area (Å²) in [7, 11) is 0. The van der Waals surface area contributed by atoms with Gasteiger partial charge in [0.1, 0.15) is 12.4 Å². The Morgan fingerprint density at radius 1 is 1.17 bits per heavy atom. The van der Waals surface area contributed by atoms with Gasteiger partial charge in [0.25, 0.3) is 5.91 Å². The molecule has 0 aromatic heterocycles. The molecule has 0 spiro atoms. The lowest BCUT2D eigenvalue weighted by molar-refractivity contribution is 0.102. The lowest BCUT2D eigenvalue weighted by atomic mass is 10.0. The van der Waals surface area contributed by atoms with Crippen molar-refractivity contribution in [3.8, 4) is 5.75 Å². The standard InChI is InChI=1S/C18H20N2O2.ClH/c1-12-3-4-13(2)16(9-12)18(21)20-15-5-6-17-14(10-15)11-19-7-8-22-17;/h3-6,9-10,19H,7-8,11H2,1-2H3,(H,20,21);1H. The summed E-state index contributed by atoms with van der Waals surface area (Å²) in [6, 6.07) is 11.7. The summed E-state index contributed by atoms with van der Waals surface area (Å²) in [5.41, 5.74) is 4.62. The average molecular weight is 333 g/mol. The number of carbonyl (C=O) groups excluding carboxylic acids is 1. The van der Waals surface area contributed by atoms with Crippen molar-refractivity contribution >= 4 is 24.0 Å². The molecular formula is C18H21ClN2O2. The number of fused-ring (bicyclic) bond motifs is 1. The van der Waals surface area contributed by atoms with Crippen LogP contribution in [0, 0.1) is 13.8 Å². The first-order chi connectivity index (χ1) is 10.6. The number of anilines is 1. The van der Waals surface area contributed by atoms with Crippen LogP contribution in [0.1, 0.15) is 27.0 Å². The predicted molar refractivity (Wildman–Crippen MR) is 94.8 cm³/mol. The van der Waals surface area contributed by atoms with E-state index in [1.807, 2.05) is 50.2 Å². The van der Waals surface area contributed by atoms with Crippen molar-refractivity contribution in [1.29, 1.82) is 0 Å². The molecule has 1 aliphatic heterocycles. The third-order valence-corrected chi connectivity index (χ3v) is 3.81. The molecule has 1 heterocycles. The second-order valence-corrected chi connectivity index (χ2v) is 5.62. The quantitative estimate of drug-likeness (QED) is 0.885. The number of ether oxygens (including phenoxy) is 1. The van der Waals surface area contributed by atoms with Crippen LogP contribution in [0.25, 0.3) is 0 Å². The highest BCUT2D eigenvalue weighted by Crippen LogP contribution is 2.24. The van der Waals surface area contributed by atoms with Crippen molar-refractivity contribution in [3.05, 3.63) is 58.7 Å². The maximum Gasteiger partial charge on any atom is 0.255 e. The molecule has 2 aromatic carbocycles. The predicted octanol–water partition coefficient (Wildman–Crippen LogP) is 3.46. The summed E-state index contributed by atoms with van der Waals surface area (Å²) in [5.74, 6) is 0.804. The molecule has 0 saturated heterocycles. The maximum atomic E-state index is 12.5. The molecule has 23 heavy (non-hydrogen) atoms. The first kappa shape index (κ1) is 17.3. The summed E-state index contributed by atoms with van der Waals surface area (Å²) in [6.07, 6.45) is 0. The van der Waals surface area contributed by atoms with E-state index < -0.39 is 0 Å². The Balaban J connectivity index is 0.00000192. The van der Waals surface area contributed by atoms with Crippen molar-refractivity contribution in [1.82, 2.24) is 5.32 Å². The van der Waals surface area contributed by atoms with Gasteiger partial charge in [-0.2, -0.15) is 0 Å². The van der Waals surface area contributed by atoms with Crippen LogP contribution in [0.3, 0.4) is 0 Å². The van der Waals surface area contributed by atoms with Gasteiger partial charge in [0, 0.05) is 29.9 Å². The molecule has 5 heteroatoms. The number of rotatable bonds is 2. The lowest BCUT2D eigenvalue weighted by Gasteiger charge is -2.11. The van der Waals surface area contributed by atoms with Crippen molar-refractivity contribution in [2.75, 3.05) is 18.5 Å². The Bertz CT molecular complexity index is 716. The molecular weight excluding hydrogens is 312 g/mol. The number of carbonyl (C=O) groups is 1. The molecule has 0 aliphatic carbocycles. The number of nitrogens with one attached hydrogen (secondary N) is 2. The van der Waals surface area contributed by atoms with Gasteiger partial charge in [-0.05, 0) is 43.7 Å². The van der Waals surface area contributed by atoms with Gasteiger partial charge in [0.15, 0.2) is 0 Å². The molecule has 0 bridgehead atoms. The van der Waals surface area contributed by atoms with Gasteiger partial charge in [-0.15, -0.1) is 12.4 Å². The number of halogens is 1. The zero-order valence-electron chi connectivity index (χ0n) is 13.3. The van der Waals surface area contributed by atoms with E-state index in [9.17, 15) is 4.79 Å². The van der Waals surface area contributed by atoms with Crippen molar-refractivity contribution in [3.63, 3.8) is 0 Å². The minimum atomic E-state index is -0.0800. The molecule has 2 aromatic rings. The second-order valence-electron chi connectivity index (χ2n) is 5.62. The number of benzene rings is 2. The summed E-state index contributed by atoms with van der Waals surface area (Å²) in [4.78, 5) is 12.5. The number of aryl methyl sites for hydroxylation is 2. The third-order valence-electron chi connectivity index (χ3n) is 3.81. The van der Waals surface area contributed by atoms with E-state index in [1.54, 1.807) is 0 Å². The SMILES string of the molecule is Cc1ccc(C)c(C(=O)Nc2ccc3c(c2)CNCCO3)c1.Cl. The van der Waals surface area contributed by atoms with E-state index in [0.717, 1.165) is 41.2 Å². The maximum absolute atomic E-state index is 12.5. The summed E-state index contributed by atoms with van der Waals surface area (Å²) < 4.78 is 5.65. The van der Waals surface area contributed by atoms with Crippen LogP contribution < -0.4 is 15.4 Å². The van der Waals surface area contributed by atoms with Crippen LogP contribution in [-0.4, -0.2) is 19.1 Å². The van der Waals surface area contributed by atoms with Gasteiger partial charge in [0.05, 0.1) is 0 Å². The first-order valence-electron chi connectivity index (χ1n) is 7.48. The van der Waals surface area contributed by atoms with Crippen molar-refractivity contribution in [2.24, 2.45) is 0 Å². The summed E-state index contributed by atoms with van der Waals surface area (Å²) in [5, 5.41) is 6.27. The number of hydrogen-bond donors (Lipinski definition) is 2. The molecule has 2 N–H and O–H groups in total. The molecule has 0 saturated carbocycles. The smallest absolute Gasteiger partial charge is 0.255 e. The molecule has 0 fully saturated rings. The highest BCUT2D eigenvalue weighted by atomic mass is 35.5. The van der Waals surface area contributed by atoms with Crippen molar-refractivity contribution in [2.45, 2.75) is 20.4 Å². The minimum Gasteiger partial charge on any atom is -0.492 e. The first-order valence-corrected chi connectivity index (χ1v) is 7.48. The Hall–Kier alpha value is -2.04. The van der Waals surface area contributed by atoms with Crippen LogP contribution in [0.4, 0.5) is 5.69 Å².